The first-order valence-corrected chi connectivity index (χ1v) is 8.11. The van der Waals surface area contributed by atoms with E-state index in [1.165, 1.54) is 0 Å². The fraction of sp³-hybridized carbons (Fsp3) is 0.333. The Morgan fingerprint density at radius 1 is 1.30 bits per heavy atom. The smallest absolute Gasteiger partial charge is 0.130 e. The average molecular weight is 325 g/mol. The molecule has 0 atom stereocenters. The van der Waals surface area contributed by atoms with E-state index in [1.54, 1.807) is 11.8 Å². The number of nitrogens with zero attached hydrogens (tertiary/aromatic N) is 1. The zero-order valence-electron chi connectivity index (χ0n) is 11.7. The minimum absolute atomic E-state index is 0.0337. The van der Waals surface area contributed by atoms with Crippen molar-refractivity contribution < 1.29 is 0 Å². The number of nitrogens with one attached hydrogen (secondary N) is 1. The fourth-order valence-electron chi connectivity index (χ4n) is 1.69. The van der Waals surface area contributed by atoms with E-state index in [9.17, 15) is 0 Å². The van der Waals surface area contributed by atoms with E-state index in [1.807, 2.05) is 30.3 Å². The summed E-state index contributed by atoms with van der Waals surface area (Å²) in [5, 5.41) is 0.749. The summed E-state index contributed by atoms with van der Waals surface area (Å²) in [6.07, 6.45) is 0. The van der Waals surface area contributed by atoms with Crippen molar-refractivity contribution in [3.05, 3.63) is 51.5 Å². The van der Waals surface area contributed by atoms with E-state index in [4.69, 9.17) is 23.8 Å². The van der Waals surface area contributed by atoms with Crippen LogP contribution in [0.25, 0.3) is 0 Å². The molecule has 0 saturated heterocycles. The monoisotopic (exact) mass is 324 g/mol. The Balaban J connectivity index is 2.18. The Morgan fingerprint density at radius 3 is 2.70 bits per heavy atom. The number of aromatic nitrogens is 2. The van der Waals surface area contributed by atoms with Gasteiger partial charge < -0.3 is 4.98 Å². The lowest BCUT2D eigenvalue weighted by atomic mass is 9.92. The number of thioether (sulfide) groups is 1. The van der Waals surface area contributed by atoms with Crippen molar-refractivity contribution in [1.29, 1.82) is 0 Å². The van der Waals surface area contributed by atoms with Crippen molar-refractivity contribution in [2.24, 2.45) is 0 Å². The third-order valence-corrected chi connectivity index (χ3v) is 4.22. The summed E-state index contributed by atoms with van der Waals surface area (Å²) in [5.74, 6) is 1.64. The molecule has 0 fully saturated rings. The third kappa shape index (κ3) is 4.33. The normalized spacial score (nSPS) is 11.6. The van der Waals surface area contributed by atoms with Gasteiger partial charge in [0.05, 0.1) is 5.75 Å². The standard InChI is InChI=1S/C15H17ClN2S2/c1-15(2,3)12-8-14(19)18-13(17-12)9-20-11-6-4-5-10(16)7-11/h4-8H,9H2,1-3H3,(H,17,18,19). The van der Waals surface area contributed by atoms with Crippen LogP contribution in [0.1, 0.15) is 32.3 Å². The quantitative estimate of drug-likeness (QED) is 0.606. The van der Waals surface area contributed by atoms with Crippen LogP contribution in [0.15, 0.2) is 35.2 Å². The number of rotatable bonds is 3. The first-order valence-electron chi connectivity index (χ1n) is 6.34. The molecule has 20 heavy (non-hydrogen) atoms. The lowest BCUT2D eigenvalue weighted by Crippen LogP contribution is -2.15. The highest BCUT2D eigenvalue weighted by Crippen LogP contribution is 2.25. The maximum absolute atomic E-state index is 5.98. The van der Waals surface area contributed by atoms with Crippen molar-refractivity contribution in [3.8, 4) is 0 Å². The molecule has 0 saturated carbocycles. The van der Waals surface area contributed by atoms with Crippen LogP contribution in [-0.4, -0.2) is 9.97 Å². The van der Waals surface area contributed by atoms with E-state index in [0.29, 0.717) is 4.64 Å². The predicted octanol–water partition coefficient (Wildman–Crippen LogP) is 5.38. The fourth-order valence-corrected chi connectivity index (χ4v) is 3.00. The van der Waals surface area contributed by atoms with Crippen LogP contribution >= 0.6 is 35.6 Å². The lowest BCUT2D eigenvalue weighted by molar-refractivity contribution is 0.563. The molecule has 0 bridgehead atoms. The van der Waals surface area contributed by atoms with Crippen LogP contribution in [0.2, 0.25) is 5.02 Å². The first-order chi connectivity index (χ1) is 9.34. The minimum atomic E-state index is 0.0337. The molecule has 0 radical (unpaired) electrons. The number of halogens is 1. The van der Waals surface area contributed by atoms with Crippen LogP contribution in [0.4, 0.5) is 0 Å². The van der Waals surface area contributed by atoms with Crippen LogP contribution in [0, 0.1) is 4.64 Å². The molecule has 0 unspecified atom stereocenters. The van der Waals surface area contributed by atoms with Crippen LogP contribution < -0.4 is 0 Å². The molecular weight excluding hydrogens is 308 g/mol. The molecule has 1 N–H and O–H groups in total. The van der Waals surface area contributed by atoms with Crippen molar-refractivity contribution >= 4 is 35.6 Å². The van der Waals surface area contributed by atoms with Crippen LogP contribution in [-0.2, 0) is 11.2 Å². The van der Waals surface area contributed by atoms with Crippen LogP contribution in [0.3, 0.4) is 0 Å². The SMILES string of the molecule is CC(C)(C)c1cc(=S)nc(CSc2cccc(Cl)c2)[nH]1. The van der Waals surface area contributed by atoms with Crippen molar-refractivity contribution in [3.63, 3.8) is 0 Å². The average Bonchev–Trinajstić information content (AvgIpc) is 2.35. The zero-order valence-corrected chi connectivity index (χ0v) is 14.1. The summed E-state index contributed by atoms with van der Waals surface area (Å²) in [4.78, 5) is 8.89. The van der Waals surface area contributed by atoms with E-state index in [-0.39, 0.29) is 5.41 Å². The number of hydrogen-bond acceptors (Lipinski definition) is 3. The van der Waals surface area contributed by atoms with Gasteiger partial charge in [-0.15, -0.1) is 11.8 Å². The molecule has 0 aliphatic heterocycles. The Kier molecular flexibility index (Phi) is 4.89. The number of H-pyrrole nitrogens is 1. The van der Waals surface area contributed by atoms with E-state index in [0.717, 1.165) is 27.2 Å². The highest BCUT2D eigenvalue weighted by atomic mass is 35.5. The molecule has 1 aromatic carbocycles. The molecule has 5 heteroatoms. The van der Waals surface area contributed by atoms with E-state index >= 15 is 0 Å². The van der Waals surface area contributed by atoms with Crippen molar-refractivity contribution in [1.82, 2.24) is 9.97 Å². The molecule has 0 aliphatic carbocycles. The van der Waals surface area contributed by atoms with Gasteiger partial charge in [0.2, 0.25) is 0 Å². The predicted molar refractivity (Wildman–Crippen MR) is 89.1 cm³/mol. The second kappa shape index (κ2) is 6.29. The topological polar surface area (TPSA) is 28.7 Å². The summed E-state index contributed by atoms with van der Waals surface area (Å²) in [6.45, 7) is 6.46. The van der Waals surface area contributed by atoms with Gasteiger partial charge >= 0.3 is 0 Å². The molecule has 1 heterocycles. The third-order valence-electron chi connectivity index (χ3n) is 2.77. The summed E-state index contributed by atoms with van der Waals surface area (Å²) in [6, 6.07) is 9.75. The van der Waals surface area contributed by atoms with Crippen molar-refractivity contribution in [2.75, 3.05) is 0 Å². The van der Waals surface area contributed by atoms with Gasteiger partial charge in [0.1, 0.15) is 10.5 Å². The summed E-state index contributed by atoms with van der Waals surface area (Å²) in [7, 11) is 0. The van der Waals surface area contributed by atoms with Gasteiger partial charge in [-0.05, 0) is 24.3 Å². The van der Waals surface area contributed by atoms with Crippen LogP contribution in [0.5, 0.6) is 0 Å². The number of aromatic amines is 1. The second-order valence-electron chi connectivity index (χ2n) is 5.58. The molecule has 2 aromatic rings. The number of hydrogen-bond donors (Lipinski definition) is 1. The Bertz CT molecular complexity index is 659. The molecule has 0 aliphatic rings. The van der Waals surface area contributed by atoms with Gasteiger partial charge in [0, 0.05) is 21.0 Å². The van der Waals surface area contributed by atoms with Gasteiger partial charge in [-0.25, -0.2) is 4.98 Å². The molecular formula is C15H17ClN2S2. The highest BCUT2D eigenvalue weighted by molar-refractivity contribution is 7.98. The Hall–Kier alpha value is -0.840. The molecule has 1 aromatic heterocycles. The lowest BCUT2D eigenvalue weighted by Gasteiger charge is -2.19. The zero-order chi connectivity index (χ0) is 14.8. The Morgan fingerprint density at radius 2 is 2.05 bits per heavy atom. The van der Waals surface area contributed by atoms with Gasteiger partial charge in [-0.1, -0.05) is 50.7 Å². The Labute approximate surface area is 134 Å². The highest BCUT2D eigenvalue weighted by Gasteiger charge is 2.15. The largest absolute Gasteiger partial charge is 0.346 e. The van der Waals surface area contributed by atoms with Gasteiger partial charge in [0.25, 0.3) is 0 Å². The minimum Gasteiger partial charge on any atom is -0.346 e. The summed E-state index contributed by atoms with van der Waals surface area (Å²) < 4.78 is 0.635. The maximum atomic E-state index is 5.98. The van der Waals surface area contributed by atoms with Gasteiger partial charge in [-0.2, -0.15) is 0 Å². The maximum Gasteiger partial charge on any atom is 0.130 e. The molecule has 0 spiro atoms. The van der Waals surface area contributed by atoms with Crippen molar-refractivity contribution in [2.45, 2.75) is 36.8 Å². The summed E-state index contributed by atoms with van der Waals surface area (Å²) in [5.41, 5.74) is 1.14. The number of benzene rings is 1. The molecule has 0 amide bonds. The van der Waals surface area contributed by atoms with E-state index in [2.05, 4.69) is 30.7 Å². The van der Waals surface area contributed by atoms with Gasteiger partial charge in [0.15, 0.2) is 0 Å². The second-order valence-corrected chi connectivity index (χ2v) is 7.48. The van der Waals surface area contributed by atoms with Gasteiger partial charge in [-0.3, -0.25) is 0 Å². The molecule has 2 nitrogen and oxygen atoms in total. The summed E-state index contributed by atoms with van der Waals surface area (Å²) >= 11 is 12.9. The van der Waals surface area contributed by atoms with E-state index < -0.39 is 0 Å². The molecule has 2 rings (SSSR count). The first kappa shape index (κ1) is 15.5. The molecule has 106 valence electrons.